The van der Waals surface area contributed by atoms with Gasteiger partial charge in [0.1, 0.15) is 6.04 Å². The van der Waals surface area contributed by atoms with Crippen LogP contribution >= 0.6 is 0 Å². The molecule has 0 spiro atoms. The van der Waals surface area contributed by atoms with Crippen LogP contribution in [0.5, 0.6) is 0 Å². The molecule has 4 N–H and O–H groups in total. The lowest BCUT2D eigenvalue weighted by atomic mass is 10.0. The van der Waals surface area contributed by atoms with Crippen LogP contribution in [0.15, 0.2) is 0 Å². The van der Waals surface area contributed by atoms with Crippen LogP contribution in [-0.2, 0) is 4.79 Å². The molecule has 0 aromatic carbocycles. The predicted octanol–water partition coefficient (Wildman–Crippen LogP) is 0.814. The number of carboxylic acid groups (broad SMARTS) is 1. The minimum absolute atomic E-state index is 0.0718. The van der Waals surface area contributed by atoms with Crippen molar-refractivity contribution in [3.05, 3.63) is 0 Å². The lowest BCUT2D eigenvalue weighted by Gasteiger charge is -2.11. The summed E-state index contributed by atoms with van der Waals surface area (Å²) in [6, 6.07) is -0.699. The molecular formula is C10H22N2O2. The van der Waals surface area contributed by atoms with Crippen molar-refractivity contribution >= 4 is 5.97 Å². The van der Waals surface area contributed by atoms with E-state index in [1.807, 2.05) is 13.8 Å². The minimum atomic E-state index is -0.913. The molecule has 0 amide bonds. The normalized spacial score (nSPS) is 19.4. The molecule has 0 aromatic heterocycles. The highest BCUT2D eigenvalue weighted by Gasteiger charge is 2.17. The fourth-order valence-electron chi connectivity index (χ4n) is 1.12. The molecule has 84 valence electrons. The van der Waals surface area contributed by atoms with Crippen LogP contribution in [0.1, 0.15) is 33.1 Å². The Morgan fingerprint density at radius 3 is 2.14 bits per heavy atom. The van der Waals surface area contributed by atoms with Crippen LogP contribution in [-0.4, -0.2) is 30.2 Å². The zero-order chi connectivity index (χ0) is 11.0. The molecule has 14 heavy (non-hydrogen) atoms. The SMILES string of the molecule is C1CCNC1.CC[C@H](C)[C@H](N)C(=O)O. The van der Waals surface area contributed by atoms with Crippen LogP contribution < -0.4 is 11.1 Å². The zero-order valence-corrected chi connectivity index (χ0v) is 9.12. The summed E-state index contributed by atoms with van der Waals surface area (Å²) in [5.74, 6) is -0.841. The van der Waals surface area contributed by atoms with Gasteiger partial charge in [-0.3, -0.25) is 4.79 Å². The molecule has 2 atom stereocenters. The van der Waals surface area contributed by atoms with Crippen molar-refractivity contribution in [2.75, 3.05) is 13.1 Å². The number of carbonyl (C=O) groups is 1. The molecule has 1 fully saturated rings. The van der Waals surface area contributed by atoms with Crippen molar-refractivity contribution in [1.29, 1.82) is 0 Å². The maximum atomic E-state index is 10.2. The highest BCUT2D eigenvalue weighted by molar-refractivity contribution is 5.73. The number of rotatable bonds is 3. The molecule has 4 nitrogen and oxygen atoms in total. The van der Waals surface area contributed by atoms with Gasteiger partial charge in [-0.25, -0.2) is 0 Å². The Balaban J connectivity index is 0.000000280. The Morgan fingerprint density at radius 1 is 1.50 bits per heavy atom. The highest BCUT2D eigenvalue weighted by atomic mass is 16.4. The van der Waals surface area contributed by atoms with E-state index in [0.29, 0.717) is 0 Å². The smallest absolute Gasteiger partial charge is 0.320 e. The number of nitrogens with two attached hydrogens (primary N) is 1. The Hall–Kier alpha value is -0.610. The average Bonchev–Trinajstić information content (AvgIpc) is 2.73. The van der Waals surface area contributed by atoms with Crippen LogP contribution in [0, 0.1) is 5.92 Å². The molecule has 1 aliphatic heterocycles. The van der Waals surface area contributed by atoms with E-state index in [4.69, 9.17) is 10.8 Å². The number of aliphatic carboxylic acids is 1. The van der Waals surface area contributed by atoms with Gasteiger partial charge in [0.05, 0.1) is 0 Å². The first-order valence-corrected chi connectivity index (χ1v) is 5.28. The number of nitrogens with one attached hydrogen (secondary N) is 1. The van der Waals surface area contributed by atoms with Gasteiger partial charge in [-0.15, -0.1) is 0 Å². The van der Waals surface area contributed by atoms with Gasteiger partial charge in [-0.2, -0.15) is 0 Å². The van der Waals surface area contributed by atoms with Gasteiger partial charge in [0.15, 0.2) is 0 Å². The maximum absolute atomic E-state index is 10.2. The van der Waals surface area contributed by atoms with Gasteiger partial charge >= 0.3 is 5.97 Å². The molecule has 0 aliphatic carbocycles. The summed E-state index contributed by atoms with van der Waals surface area (Å²) in [6.07, 6.45) is 3.59. The quantitative estimate of drug-likeness (QED) is 0.633. The van der Waals surface area contributed by atoms with Gasteiger partial charge in [-0.1, -0.05) is 20.3 Å². The second-order valence-electron chi connectivity index (χ2n) is 3.71. The van der Waals surface area contributed by atoms with E-state index in [1.165, 1.54) is 25.9 Å². The highest BCUT2D eigenvalue weighted by Crippen LogP contribution is 2.04. The summed E-state index contributed by atoms with van der Waals surface area (Å²) in [6.45, 7) is 6.26. The second-order valence-corrected chi connectivity index (χ2v) is 3.71. The first-order valence-electron chi connectivity index (χ1n) is 5.28. The summed E-state index contributed by atoms with van der Waals surface area (Å²) in [5.41, 5.74) is 5.27. The van der Waals surface area contributed by atoms with Gasteiger partial charge in [0, 0.05) is 0 Å². The van der Waals surface area contributed by atoms with E-state index in [-0.39, 0.29) is 5.92 Å². The van der Waals surface area contributed by atoms with Crippen LogP contribution in [0.25, 0.3) is 0 Å². The number of hydrogen-bond acceptors (Lipinski definition) is 3. The molecule has 4 heteroatoms. The fourth-order valence-corrected chi connectivity index (χ4v) is 1.12. The summed E-state index contributed by atoms with van der Waals surface area (Å²) >= 11 is 0. The van der Waals surface area contributed by atoms with Crippen LogP contribution in [0.2, 0.25) is 0 Å². The lowest BCUT2D eigenvalue weighted by Crippen LogP contribution is -2.36. The van der Waals surface area contributed by atoms with E-state index in [1.54, 1.807) is 0 Å². The van der Waals surface area contributed by atoms with E-state index in [0.717, 1.165) is 6.42 Å². The van der Waals surface area contributed by atoms with Crippen molar-refractivity contribution in [2.24, 2.45) is 11.7 Å². The standard InChI is InChI=1S/C6H13NO2.C4H9N/c1-3-4(2)5(7)6(8)9;1-2-4-5-3-1/h4-5H,3,7H2,1-2H3,(H,8,9);5H,1-4H2/t4-,5-;/m0./s1. The summed E-state index contributed by atoms with van der Waals surface area (Å²) in [4.78, 5) is 10.2. The molecule has 1 aliphatic rings. The van der Waals surface area contributed by atoms with Crippen LogP contribution in [0.3, 0.4) is 0 Å². The van der Waals surface area contributed by atoms with E-state index in [9.17, 15) is 4.79 Å². The van der Waals surface area contributed by atoms with Crippen molar-refractivity contribution in [1.82, 2.24) is 5.32 Å². The van der Waals surface area contributed by atoms with Crippen molar-refractivity contribution in [3.8, 4) is 0 Å². The van der Waals surface area contributed by atoms with Crippen molar-refractivity contribution < 1.29 is 9.90 Å². The molecule has 1 heterocycles. The third kappa shape index (κ3) is 5.94. The van der Waals surface area contributed by atoms with Crippen molar-refractivity contribution in [2.45, 2.75) is 39.2 Å². The first kappa shape index (κ1) is 13.4. The molecule has 0 bridgehead atoms. The lowest BCUT2D eigenvalue weighted by molar-refractivity contribution is -0.139. The van der Waals surface area contributed by atoms with Crippen LogP contribution in [0.4, 0.5) is 0 Å². The van der Waals surface area contributed by atoms with E-state index >= 15 is 0 Å². The zero-order valence-electron chi connectivity index (χ0n) is 9.12. The molecule has 0 aromatic rings. The molecule has 0 saturated carbocycles. The van der Waals surface area contributed by atoms with E-state index < -0.39 is 12.0 Å². The largest absolute Gasteiger partial charge is 0.480 e. The Labute approximate surface area is 85.9 Å². The maximum Gasteiger partial charge on any atom is 0.320 e. The first-order chi connectivity index (χ1) is 6.59. The molecular weight excluding hydrogens is 180 g/mol. The summed E-state index contributed by atoms with van der Waals surface area (Å²) in [5, 5.41) is 11.6. The van der Waals surface area contributed by atoms with Gasteiger partial charge < -0.3 is 16.2 Å². The molecule has 0 radical (unpaired) electrons. The monoisotopic (exact) mass is 202 g/mol. The average molecular weight is 202 g/mol. The molecule has 0 unspecified atom stereocenters. The molecule has 1 saturated heterocycles. The van der Waals surface area contributed by atoms with E-state index in [2.05, 4.69) is 5.32 Å². The topological polar surface area (TPSA) is 75.3 Å². The third-order valence-electron chi connectivity index (χ3n) is 2.50. The Morgan fingerprint density at radius 2 is 2.00 bits per heavy atom. The van der Waals surface area contributed by atoms with Crippen molar-refractivity contribution in [3.63, 3.8) is 0 Å². The Kier molecular flexibility index (Phi) is 7.42. The summed E-state index contributed by atoms with van der Waals surface area (Å²) < 4.78 is 0. The molecule has 1 rings (SSSR count). The predicted molar refractivity (Wildman–Crippen MR) is 57.2 cm³/mol. The Bertz CT molecular complexity index is 151. The van der Waals surface area contributed by atoms with Gasteiger partial charge in [0.25, 0.3) is 0 Å². The fraction of sp³-hybridized carbons (Fsp3) is 0.900. The third-order valence-corrected chi connectivity index (χ3v) is 2.50. The number of hydrogen-bond donors (Lipinski definition) is 3. The van der Waals surface area contributed by atoms with Gasteiger partial charge in [0.2, 0.25) is 0 Å². The summed E-state index contributed by atoms with van der Waals surface area (Å²) in [7, 11) is 0. The minimum Gasteiger partial charge on any atom is -0.480 e. The van der Waals surface area contributed by atoms with Gasteiger partial charge in [-0.05, 0) is 31.8 Å². The number of carboxylic acids is 1. The second kappa shape index (κ2) is 7.76.